The Hall–Kier alpha value is -1.49. The second-order valence-electron chi connectivity index (χ2n) is 3.95. The van der Waals surface area contributed by atoms with Crippen molar-refractivity contribution in [3.63, 3.8) is 0 Å². The SMILES string of the molecule is NCc1ccc(S(=O)(=O)Nc2ccc(Br)c([N+](=O)[O-])c2)s1. The summed E-state index contributed by atoms with van der Waals surface area (Å²) < 4.78 is 27.0. The molecule has 0 aliphatic carbocycles. The highest BCUT2D eigenvalue weighted by Crippen LogP contribution is 2.30. The maximum Gasteiger partial charge on any atom is 0.285 e. The number of thiophene rings is 1. The fourth-order valence-corrected chi connectivity index (χ4v) is 4.21. The van der Waals surface area contributed by atoms with Gasteiger partial charge in [-0.1, -0.05) is 0 Å². The standard InChI is InChI=1S/C11H10BrN3O4S2/c12-9-3-1-7(5-10(9)15(16)17)14-21(18,19)11-4-2-8(6-13)20-11/h1-5,14H,6,13H2. The lowest BCUT2D eigenvalue weighted by Gasteiger charge is -2.06. The topological polar surface area (TPSA) is 115 Å². The summed E-state index contributed by atoms with van der Waals surface area (Å²) >= 11 is 4.09. The Balaban J connectivity index is 2.32. The van der Waals surface area contributed by atoms with Gasteiger partial charge in [-0.05, 0) is 40.2 Å². The van der Waals surface area contributed by atoms with Crippen LogP contribution in [0.2, 0.25) is 0 Å². The predicted octanol–water partition coefficient (Wildman–Crippen LogP) is 2.68. The zero-order chi connectivity index (χ0) is 15.6. The van der Waals surface area contributed by atoms with Gasteiger partial charge in [0.15, 0.2) is 0 Å². The number of rotatable bonds is 5. The molecule has 112 valence electrons. The average Bonchev–Trinajstić information content (AvgIpc) is 2.90. The van der Waals surface area contributed by atoms with Gasteiger partial charge in [0.05, 0.1) is 15.1 Å². The summed E-state index contributed by atoms with van der Waals surface area (Å²) in [5.74, 6) is 0. The molecule has 7 nitrogen and oxygen atoms in total. The van der Waals surface area contributed by atoms with E-state index in [-0.39, 0.29) is 26.6 Å². The van der Waals surface area contributed by atoms with Crippen LogP contribution in [0, 0.1) is 10.1 Å². The van der Waals surface area contributed by atoms with E-state index in [1.807, 2.05) is 0 Å². The molecule has 0 aliphatic heterocycles. The number of nitrogens with one attached hydrogen (secondary N) is 1. The van der Waals surface area contributed by atoms with E-state index >= 15 is 0 Å². The summed E-state index contributed by atoms with van der Waals surface area (Å²) in [6.45, 7) is 0.254. The maximum absolute atomic E-state index is 12.2. The van der Waals surface area contributed by atoms with Gasteiger partial charge in [0, 0.05) is 17.5 Å². The molecule has 10 heteroatoms. The second kappa shape index (κ2) is 6.10. The van der Waals surface area contributed by atoms with E-state index in [2.05, 4.69) is 20.7 Å². The Morgan fingerprint density at radius 3 is 2.62 bits per heavy atom. The lowest BCUT2D eigenvalue weighted by atomic mass is 10.3. The van der Waals surface area contributed by atoms with Crippen molar-refractivity contribution in [2.24, 2.45) is 5.73 Å². The molecule has 0 saturated heterocycles. The highest BCUT2D eigenvalue weighted by molar-refractivity contribution is 9.10. The molecule has 2 aromatic rings. The quantitative estimate of drug-likeness (QED) is 0.600. The van der Waals surface area contributed by atoms with Crippen LogP contribution in [0.3, 0.4) is 0 Å². The van der Waals surface area contributed by atoms with Crippen molar-refractivity contribution in [3.05, 3.63) is 49.8 Å². The van der Waals surface area contributed by atoms with Gasteiger partial charge < -0.3 is 5.73 Å². The van der Waals surface area contributed by atoms with Gasteiger partial charge in [-0.15, -0.1) is 11.3 Å². The number of benzene rings is 1. The molecule has 0 fully saturated rings. The Bertz CT molecular complexity index is 789. The van der Waals surface area contributed by atoms with Crippen LogP contribution in [0.25, 0.3) is 0 Å². The van der Waals surface area contributed by atoms with E-state index in [0.29, 0.717) is 0 Å². The average molecular weight is 392 g/mol. The van der Waals surface area contributed by atoms with Gasteiger partial charge in [0.2, 0.25) is 0 Å². The van der Waals surface area contributed by atoms with E-state index in [0.717, 1.165) is 22.3 Å². The molecule has 1 heterocycles. The van der Waals surface area contributed by atoms with Gasteiger partial charge in [-0.25, -0.2) is 8.42 Å². The molecule has 0 amide bonds. The number of anilines is 1. The number of hydrogen-bond acceptors (Lipinski definition) is 6. The minimum atomic E-state index is -3.78. The summed E-state index contributed by atoms with van der Waals surface area (Å²) in [6.07, 6.45) is 0. The monoisotopic (exact) mass is 391 g/mol. The third-order valence-corrected chi connectivity index (χ3v) is 6.15. The zero-order valence-electron chi connectivity index (χ0n) is 10.4. The number of halogens is 1. The van der Waals surface area contributed by atoms with Crippen molar-refractivity contribution >= 4 is 48.7 Å². The predicted molar refractivity (Wildman–Crippen MR) is 83.8 cm³/mol. The second-order valence-corrected chi connectivity index (χ2v) is 7.89. The lowest BCUT2D eigenvalue weighted by Crippen LogP contribution is -2.11. The van der Waals surface area contributed by atoms with Crippen molar-refractivity contribution in [2.75, 3.05) is 4.72 Å². The van der Waals surface area contributed by atoms with Crippen molar-refractivity contribution in [3.8, 4) is 0 Å². The van der Waals surface area contributed by atoms with Crippen LogP contribution in [0.15, 0.2) is 39.0 Å². The number of sulfonamides is 1. The van der Waals surface area contributed by atoms with E-state index < -0.39 is 14.9 Å². The first-order valence-electron chi connectivity index (χ1n) is 5.59. The third kappa shape index (κ3) is 3.59. The molecule has 0 atom stereocenters. The molecule has 0 unspecified atom stereocenters. The molecule has 0 spiro atoms. The summed E-state index contributed by atoms with van der Waals surface area (Å²) in [6, 6.07) is 7.08. The summed E-state index contributed by atoms with van der Waals surface area (Å²) in [7, 11) is -3.78. The van der Waals surface area contributed by atoms with Crippen molar-refractivity contribution in [2.45, 2.75) is 10.8 Å². The number of nitro benzene ring substituents is 1. The number of hydrogen-bond donors (Lipinski definition) is 2. The summed E-state index contributed by atoms with van der Waals surface area (Å²) in [5.41, 5.74) is 5.34. The largest absolute Gasteiger partial charge is 0.326 e. The third-order valence-electron chi connectivity index (χ3n) is 2.50. The van der Waals surface area contributed by atoms with Crippen LogP contribution in [-0.2, 0) is 16.6 Å². The van der Waals surface area contributed by atoms with Gasteiger partial charge >= 0.3 is 0 Å². The van der Waals surface area contributed by atoms with Gasteiger partial charge in [-0.2, -0.15) is 0 Å². The highest BCUT2D eigenvalue weighted by atomic mass is 79.9. The number of nitrogens with zero attached hydrogens (tertiary/aromatic N) is 1. The molecule has 0 radical (unpaired) electrons. The molecular weight excluding hydrogens is 382 g/mol. The molecule has 0 aliphatic rings. The van der Waals surface area contributed by atoms with Crippen LogP contribution in [0.4, 0.5) is 11.4 Å². The first-order chi connectivity index (χ1) is 9.83. The fraction of sp³-hybridized carbons (Fsp3) is 0.0909. The molecule has 0 bridgehead atoms. The van der Waals surface area contributed by atoms with Crippen molar-refractivity contribution in [1.82, 2.24) is 0 Å². The van der Waals surface area contributed by atoms with E-state index in [4.69, 9.17) is 5.73 Å². The van der Waals surface area contributed by atoms with Gasteiger partial charge in [0.1, 0.15) is 4.21 Å². The highest BCUT2D eigenvalue weighted by Gasteiger charge is 2.19. The normalized spacial score (nSPS) is 11.3. The smallest absolute Gasteiger partial charge is 0.285 e. The maximum atomic E-state index is 12.2. The molecule has 0 saturated carbocycles. The van der Waals surface area contributed by atoms with E-state index in [9.17, 15) is 18.5 Å². The number of nitrogens with two attached hydrogens (primary N) is 1. The summed E-state index contributed by atoms with van der Waals surface area (Å²) in [5, 5.41) is 10.8. The fourth-order valence-electron chi connectivity index (χ4n) is 1.53. The Morgan fingerprint density at radius 2 is 2.05 bits per heavy atom. The van der Waals surface area contributed by atoms with Gasteiger partial charge in [-0.3, -0.25) is 14.8 Å². The Morgan fingerprint density at radius 1 is 1.33 bits per heavy atom. The molecule has 21 heavy (non-hydrogen) atoms. The van der Waals surface area contributed by atoms with E-state index in [1.165, 1.54) is 18.2 Å². The van der Waals surface area contributed by atoms with Crippen LogP contribution in [-0.4, -0.2) is 13.3 Å². The molecule has 3 N–H and O–H groups in total. The van der Waals surface area contributed by atoms with Crippen LogP contribution in [0.5, 0.6) is 0 Å². The lowest BCUT2D eigenvalue weighted by molar-refractivity contribution is -0.385. The first kappa shape index (κ1) is 15.9. The van der Waals surface area contributed by atoms with E-state index in [1.54, 1.807) is 6.07 Å². The van der Waals surface area contributed by atoms with Crippen LogP contribution in [0.1, 0.15) is 4.88 Å². The molecule has 2 rings (SSSR count). The van der Waals surface area contributed by atoms with Crippen LogP contribution >= 0.6 is 27.3 Å². The molecule has 1 aromatic carbocycles. The van der Waals surface area contributed by atoms with Crippen molar-refractivity contribution < 1.29 is 13.3 Å². The zero-order valence-corrected chi connectivity index (χ0v) is 13.7. The van der Waals surface area contributed by atoms with Crippen LogP contribution < -0.4 is 10.5 Å². The first-order valence-corrected chi connectivity index (χ1v) is 8.68. The summed E-state index contributed by atoms with van der Waals surface area (Å²) in [4.78, 5) is 11.0. The van der Waals surface area contributed by atoms with Gasteiger partial charge in [0.25, 0.3) is 15.7 Å². The molecule has 1 aromatic heterocycles. The minimum Gasteiger partial charge on any atom is -0.326 e. The Kier molecular flexibility index (Phi) is 4.61. The Labute approximate surface area is 133 Å². The number of nitro groups is 1. The van der Waals surface area contributed by atoms with Crippen molar-refractivity contribution in [1.29, 1.82) is 0 Å². The molecular formula is C11H10BrN3O4S2. The minimum absolute atomic E-state index is 0.105.